The lowest BCUT2D eigenvalue weighted by atomic mass is 10.2. The Labute approximate surface area is 217 Å². The zero-order valence-electron chi connectivity index (χ0n) is 20.4. The van der Waals surface area contributed by atoms with Crippen molar-refractivity contribution in [2.45, 2.75) is 31.2 Å². The van der Waals surface area contributed by atoms with E-state index in [1.807, 2.05) is 19.1 Å². The highest BCUT2D eigenvalue weighted by molar-refractivity contribution is 7.92. The van der Waals surface area contributed by atoms with E-state index in [0.29, 0.717) is 12.3 Å². The quantitative estimate of drug-likeness (QED) is 0.433. The number of benzene rings is 3. The van der Waals surface area contributed by atoms with Crippen LogP contribution < -0.4 is 19.3 Å². The fourth-order valence-corrected chi connectivity index (χ4v) is 5.81. The Morgan fingerprint density at radius 3 is 2.31 bits per heavy atom. The van der Waals surface area contributed by atoms with Crippen LogP contribution in [-0.4, -0.2) is 41.1 Å². The Kier molecular flexibility index (Phi) is 8.06. The lowest BCUT2D eigenvalue weighted by molar-refractivity contribution is -0.119. The van der Waals surface area contributed by atoms with Crippen LogP contribution in [0.2, 0.25) is 5.02 Å². The molecule has 1 N–H and O–H groups in total. The lowest BCUT2D eigenvalue weighted by Crippen LogP contribution is -2.40. The van der Waals surface area contributed by atoms with Crippen molar-refractivity contribution in [2.24, 2.45) is 0 Å². The molecule has 1 aliphatic rings. The second-order valence-electron chi connectivity index (χ2n) is 8.78. The molecule has 1 amide bonds. The van der Waals surface area contributed by atoms with E-state index in [0.717, 1.165) is 28.5 Å². The van der Waals surface area contributed by atoms with Crippen molar-refractivity contribution >= 4 is 38.9 Å². The number of methoxy groups -OCH3 is 1. The molecule has 7 nitrogen and oxygen atoms in total. The highest BCUT2D eigenvalue weighted by Crippen LogP contribution is 2.32. The van der Waals surface area contributed by atoms with Crippen molar-refractivity contribution in [3.63, 3.8) is 0 Å². The Bertz CT molecular complexity index is 1310. The molecule has 3 aromatic rings. The highest BCUT2D eigenvalue weighted by Gasteiger charge is 2.28. The molecule has 0 saturated carbocycles. The van der Waals surface area contributed by atoms with Gasteiger partial charge in [-0.3, -0.25) is 9.10 Å². The third kappa shape index (κ3) is 5.94. The molecule has 3 aromatic carbocycles. The molecule has 1 aliphatic heterocycles. The van der Waals surface area contributed by atoms with Gasteiger partial charge in [0.1, 0.15) is 12.3 Å². The molecule has 0 radical (unpaired) electrons. The summed E-state index contributed by atoms with van der Waals surface area (Å²) in [7, 11) is -2.55. The van der Waals surface area contributed by atoms with Crippen molar-refractivity contribution in [1.29, 1.82) is 0 Å². The first-order valence-corrected chi connectivity index (χ1v) is 13.6. The Morgan fingerprint density at radius 1 is 1.03 bits per heavy atom. The molecule has 36 heavy (non-hydrogen) atoms. The number of hydrogen-bond acceptors (Lipinski definition) is 5. The average Bonchev–Trinajstić information content (AvgIpc) is 3.41. The van der Waals surface area contributed by atoms with Crippen molar-refractivity contribution in [1.82, 2.24) is 5.32 Å². The predicted molar refractivity (Wildman–Crippen MR) is 143 cm³/mol. The summed E-state index contributed by atoms with van der Waals surface area (Å²) in [6.07, 6.45) is 2.42. The lowest BCUT2D eigenvalue weighted by Gasteiger charge is -2.25. The topological polar surface area (TPSA) is 79.0 Å². The Hall–Kier alpha value is -3.23. The molecular formula is C27H30ClN3O4S. The third-order valence-electron chi connectivity index (χ3n) is 6.22. The number of carbonyl (C=O) groups is 1. The minimum absolute atomic E-state index is 0.0883. The molecule has 0 atom stereocenters. The molecule has 4 rings (SSSR count). The molecule has 1 saturated heterocycles. The number of hydrogen-bond donors (Lipinski definition) is 1. The standard InChI is InChI=1S/C27H30ClN3O4S/c1-20-5-12-24(13-6-20)36(33,34)31(23-11-14-26(35-2)25(28)17-23)19-27(32)29-18-21-7-9-22(10-8-21)30-15-3-4-16-30/h5-14,17H,3-4,15-16,18-19H2,1-2H3,(H,29,32). The Balaban J connectivity index is 1.52. The zero-order valence-corrected chi connectivity index (χ0v) is 22.0. The number of halogens is 1. The van der Waals surface area contributed by atoms with Gasteiger partial charge in [0.25, 0.3) is 10.0 Å². The number of ether oxygens (including phenoxy) is 1. The van der Waals surface area contributed by atoms with E-state index in [4.69, 9.17) is 16.3 Å². The fourth-order valence-electron chi connectivity index (χ4n) is 4.15. The summed E-state index contributed by atoms with van der Waals surface area (Å²) in [5.74, 6) is -0.0174. The van der Waals surface area contributed by atoms with Crippen LogP contribution >= 0.6 is 11.6 Å². The number of anilines is 2. The first-order chi connectivity index (χ1) is 17.3. The molecule has 1 fully saturated rings. The molecule has 9 heteroatoms. The fraction of sp³-hybridized carbons (Fsp3) is 0.296. The van der Waals surface area contributed by atoms with Crippen LogP contribution in [0.3, 0.4) is 0 Å². The first kappa shape index (κ1) is 25.9. The summed E-state index contributed by atoms with van der Waals surface area (Å²) >= 11 is 6.28. The van der Waals surface area contributed by atoms with Gasteiger partial charge in [0.15, 0.2) is 0 Å². The zero-order chi connectivity index (χ0) is 25.7. The smallest absolute Gasteiger partial charge is 0.264 e. The van der Waals surface area contributed by atoms with Gasteiger partial charge < -0.3 is 15.0 Å². The minimum Gasteiger partial charge on any atom is -0.495 e. The van der Waals surface area contributed by atoms with Crippen molar-refractivity contribution in [3.05, 3.63) is 82.9 Å². The van der Waals surface area contributed by atoms with Crippen LogP contribution in [0.5, 0.6) is 5.75 Å². The van der Waals surface area contributed by atoms with Crippen molar-refractivity contribution < 1.29 is 17.9 Å². The number of carbonyl (C=O) groups excluding carboxylic acids is 1. The summed E-state index contributed by atoms with van der Waals surface area (Å²) in [4.78, 5) is 15.4. The number of rotatable bonds is 9. The maximum atomic E-state index is 13.5. The SMILES string of the molecule is COc1ccc(N(CC(=O)NCc2ccc(N3CCCC3)cc2)S(=O)(=O)c2ccc(C)cc2)cc1Cl. The summed E-state index contributed by atoms with van der Waals surface area (Å²) in [5, 5.41) is 3.09. The summed E-state index contributed by atoms with van der Waals surface area (Å²) < 4.78 is 33.4. The maximum absolute atomic E-state index is 13.5. The molecule has 0 spiro atoms. The maximum Gasteiger partial charge on any atom is 0.264 e. The molecule has 0 aliphatic carbocycles. The number of sulfonamides is 1. The largest absolute Gasteiger partial charge is 0.495 e. The van der Waals surface area contributed by atoms with Crippen molar-refractivity contribution in [3.8, 4) is 5.75 Å². The van der Waals surface area contributed by atoms with Gasteiger partial charge in [-0.05, 0) is 67.8 Å². The van der Waals surface area contributed by atoms with E-state index in [1.165, 1.54) is 43.8 Å². The second kappa shape index (κ2) is 11.2. The molecule has 0 aromatic heterocycles. The number of amides is 1. The van der Waals surface area contributed by atoms with Gasteiger partial charge >= 0.3 is 0 Å². The van der Waals surface area contributed by atoms with Gasteiger partial charge in [0.2, 0.25) is 5.91 Å². The third-order valence-corrected chi connectivity index (χ3v) is 8.30. The van der Waals surface area contributed by atoms with Crippen LogP contribution in [0.15, 0.2) is 71.6 Å². The predicted octanol–water partition coefficient (Wildman–Crippen LogP) is 4.77. The van der Waals surface area contributed by atoms with E-state index in [-0.39, 0.29) is 15.6 Å². The van der Waals surface area contributed by atoms with Gasteiger partial charge in [0.05, 0.1) is 22.7 Å². The molecule has 1 heterocycles. The number of nitrogens with zero attached hydrogens (tertiary/aromatic N) is 2. The van der Waals surface area contributed by atoms with Gasteiger partial charge in [-0.15, -0.1) is 0 Å². The Morgan fingerprint density at radius 2 is 1.69 bits per heavy atom. The van der Waals surface area contributed by atoms with Gasteiger partial charge in [-0.25, -0.2) is 8.42 Å². The van der Waals surface area contributed by atoms with Crippen LogP contribution in [0.4, 0.5) is 11.4 Å². The van der Waals surface area contributed by atoms with Crippen LogP contribution in [0, 0.1) is 6.92 Å². The van der Waals surface area contributed by atoms with Crippen LogP contribution in [0.25, 0.3) is 0 Å². The normalized spacial score (nSPS) is 13.5. The number of aryl methyl sites for hydroxylation is 1. The highest BCUT2D eigenvalue weighted by atomic mass is 35.5. The molecule has 0 bridgehead atoms. The van der Waals surface area contributed by atoms with Crippen molar-refractivity contribution in [2.75, 3.05) is 35.9 Å². The second-order valence-corrected chi connectivity index (χ2v) is 11.1. The van der Waals surface area contributed by atoms with Crippen LogP contribution in [0.1, 0.15) is 24.0 Å². The van der Waals surface area contributed by atoms with Crippen LogP contribution in [-0.2, 0) is 21.4 Å². The number of nitrogens with one attached hydrogen (secondary N) is 1. The summed E-state index contributed by atoms with van der Waals surface area (Å²) in [6.45, 7) is 3.90. The van der Waals surface area contributed by atoms with E-state index >= 15 is 0 Å². The van der Waals surface area contributed by atoms with Gasteiger partial charge in [0, 0.05) is 25.3 Å². The molecular weight excluding hydrogens is 498 g/mol. The monoisotopic (exact) mass is 527 g/mol. The van der Waals surface area contributed by atoms with E-state index < -0.39 is 22.5 Å². The van der Waals surface area contributed by atoms with Gasteiger partial charge in [-0.2, -0.15) is 0 Å². The average molecular weight is 528 g/mol. The van der Waals surface area contributed by atoms with Gasteiger partial charge in [-0.1, -0.05) is 41.4 Å². The molecule has 190 valence electrons. The van der Waals surface area contributed by atoms with E-state index in [1.54, 1.807) is 24.3 Å². The minimum atomic E-state index is -4.03. The summed E-state index contributed by atoms with van der Waals surface area (Å²) in [6, 6.07) is 19.2. The summed E-state index contributed by atoms with van der Waals surface area (Å²) in [5.41, 5.74) is 3.31. The molecule has 0 unspecified atom stereocenters. The van der Waals surface area contributed by atoms with E-state index in [9.17, 15) is 13.2 Å². The first-order valence-electron chi connectivity index (χ1n) is 11.8. The van der Waals surface area contributed by atoms with E-state index in [2.05, 4.69) is 22.3 Å².